The molecule has 114 valence electrons. The van der Waals surface area contributed by atoms with E-state index in [1.165, 1.54) is 0 Å². The third kappa shape index (κ3) is 4.47. The molecule has 1 aromatic heterocycles. The number of guanidine groups is 1. The van der Waals surface area contributed by atoms with E-state index in [0.717, 1.165) is 10.9 Å². The number of carbonyl (C=O) groups is 1. The number of halogens is 1. The molecular formula is C14H20ClN5O. The van der Waals surface area contributed by atoms with Crippen molar-refractivity contribution in [3.63, 3.8) is 0 Å². The van der Waals surface area contributed by atoms with Crippen molar-refractivity contribution in [3.05, 3.63) is 36.0 Å². The number of rotatable bonds is 3. The maximum atomic E-state index is 12.1. The molecule has 0 atom stereocenters. The Balaban J connectivity index is 0.00000220. The average Bonchev–Trinajstić information content (AvgIpc) is 2.79. The normalized spacial score (nSPS) is 12.0. The summed E-state index contributed by atoms with van der Waals surface area (Å²) in [6.45, 7) is 4.02. The lowest BCUT2D eigenvalue weighted by molar-refractivity contribution is 0.0978. The zero-order chi connectivity index (χ0) is 14.8. The average molecular weight is 310 g/mol. The minimum absolute atomic E-state index is 0. The van der Waals surface area contributed by atoms with Gasteiger partial charge in [0.15, 0.2) is 5.96 Å². The number of nitrogens with two attached hydrogens (primary N) is 2. The highest BCUT2D eigenvalue weighted by Gasteiger charge is 2.13. The summed E-state index contributed by atoms with van der Waals surface area (Å²) in [5.74, 6) is -0.225. The van der Waals surface area contributed by atoms with Gasteiger partial charge < -0.3 is 16.5 Å². The third-order valence-corrected chi connectivity index (χ3v) is 2.73. The Morgan fingerprint density at radius 3 is 2.71 bits per heavy atom. The largest absolute Gasteiger partial charge is 0.370 e. The number of fused-ring (bicyclic) bond motifs is 1. The van der Waals surface area contributed by atoms with Crippen LogP contribution in [-0.2, 0) is 0 Å². The van der Waals surface area contributed by atoms with Crippen LogP contribution >= 0.6 is 12.4 Å². The van der Waals surface area contributed by atoms with Crippen LogP contribution in [0.15, 0.2) is 35.5 Å². The first-order valence-corrected chi connectivity index (χ1v) is 6.33. The molecule has 0 aliphatic rings. The lowest BCUT2D eigenvalue weighted by atomic mass is 10.1. The lowest BCUT2D eigenvalue weighted by Crippen LogP contribution is -2.40. The van der Waals surface area contributed by atoms with Crippen LogP contribution in [0.4, 0.5) is 0 Å². The van der Waals surface area contributed by atoms with Crippen molar-refractivity contribution in [2.75, 3.05) is 6.54 Å². The number of benzene rings is 1. The molecule has 0 saturated carbocycles. The Hall–Kier alpha value is -2.05. The van der Waals surface area contributed by atoms with E-state index in [1.54, 1.807) is 6.20 Å². The number of para-hydroxylation sites is 1. The van der Waals surface area contributed by atoms with E-state index < -0.39 is 5.54 Å². The number of hydrogen-bond donors (Lipinski definition) is 4. The minimum Gasteiger partial charge on any atom is -0.370 e. The van der Waals surface area contributed by atoms with Crippen LogP contribution in [0.2, 0.25) is 0 Å². The molecular weight excluding hydrogens is 290 g/mol. The smallest absolute Gasteiger partial charge is 0.260 e. The van der Waals surface area contributed by atoms with Gasteiger partial charge in [-0.05, 0) is 19.9 Å². The van der Waals surface area contributed by atoms with Crippen molar-refractivity contribution < 1.29 is 4.79 Å². The van der Waals surface area contributed by atoms with Crippen molar-refractivity contribution in [3.8, 4) is 0 Å². The molecule has 0 spiro atoms. The Bertz CT molecular complexity index is 657. The SMILES string of the molecule is CC(C)(N)CN=C(N)NC(=O)c1c[nH]c2ccccc12.Cl. The Labute approximate surface area is 129 Å². The van der Waals surface area contributed by atoms with Crippen LogP contribution in [0.5, 0.6) is 0 Å². The molecule has 1 amide bonds. The third-order valence-electron chi connectivity index (χ3n) is 2.73. The molecule has 1 aromatic carbocycles. The number of hydrogen-bond acceptors (Lipinski definition) is 3. The number of aromatic amines is 1. The second-order valence-corrected chi connectivity index (χ2v) is 5.39. The molecule has 0 fully saturated rings. The summed E-state index contributed by atoms with van der Waals surface area (Å²) in [4.78, 5) is 19.2. The van der Waals surface area contributed by atoms with Gasteiger partial charge in [0.05, 0.1) is 12.1 Å². The molecule has 6 nitrogen and oxygen atoms in total. The molecule has 21 heavy (non-hydrogen) atoms. The number of aliphatic imine (C=N–C) groups is 1. The first kappa shape index (κ1) is 17.0. The maximum Gasteiger partial charge on any atom is 0.260 e. The summed E-state index contributed by atoms with van der Waals surface area (Å²) in [6, 6.07) is 7.55. The van der Waals surface area contributed by atoms with Gasteiger partial charge in [0.25, 0.3) is 5.91 Å². The quantitative estimate of drug-likeness (QED) is 0.508. The van der Waals surface area contributed by atoms with Gasteiger partial charge in [-0.2, -0.15) is 0 Å². The summed E-state index contributed by atoms with van der Waals surface area (Å²) in [5.41, 5.74) is 12.5. The standard InChI is InChI=1S/C14H19N5O.ClH/c1-14(2,16)8-18-13(15)19-12(20)10-7-17-11-6-4-3-5-9(10)11;/h3-7,17H,8,16H2,1-2H3,(H3,15,18,19,20);1H. The highest BCUT2D eigenvalue weighted by atomic mass is 35.5. The minimum atomic E-state index is -0.462. The Morgan fingerprint density at radius 2 is 2.05 bits per heavy atom. The van der Waals surface area contributed by atoms with Gasteiger partial charge >= 0.3 is 0 Å². The predicted octanol–water partition coefficient (Wildman–Crippen LogP) is 1.37. The van der Waals surface area contributed by atoms with E-state index in [-0.39, 0.29) is 24.3 Å². The highest BCUT2D eigenvalue weighted by Crippen LogP contribution is 2.17. The van der Waals surface area contributed by atoms with E-state index in [0.29, 0.717) is 12.1 Å². The fourth-order valence-corrected chi connectivity index (χ4v) is 1.77. The van der Waals surface area contributed by atoms with Crippen molar-refractivity contribution in [1.82, 2.24) is 10.3 Å². The molecule has 2 aromatic rings. The number of aromatic nitrogens is 1. The second-order valence-electron chi connectivity index (χ2n) is 5.39. The van der Waals surface area contributed by atoms with Crippen LogP contribution in [-0.4, -0.2) is 28.9 Å². The predicted molar refractivity (Wildman–Crippen MR) is 87.8 cm³/mol. The maximum absolute atomic E-state index is 12.1. The topological polar surface area (TPSA) is 109 Å². The van der Waals surface area contributed by atoms with Gasteiger partial charge in [0, 0.05) is 22.6 Å². The van der Waals surface area contributed by atoms with E-state index in [4.69, 9.17) is 11.5 Å². The van der Waals surface area contributed by atoms with Crippen LogP contribution < -0.4 is 16.8 Å². The van der Waals surface area contributed by atoms with Crippen LogP contribution in [0.3, 0.4) is 0 Å². The molecule has 0 radical (unpaired) electrons. The van der Waals surface area contributed by atoms with E-state index in [9.17, 15) is 4.79 Å². The molecule has 0 bridgehead atoms. The van der Waals surface area contributed by atoms with Gasteiger partial charge in [-0.1, -0.05) is 18.2 Å². The van der Waals surface area contributed by atoms with Crippen molar-refractivity contribution in [2.45, 2.75) is 19.4 Å². The molecule has 0 aliphatic carbocycles. The Morgan fingerprint density at radius 1 is 1.38 bits per heavy atom. The van der Waals surface area contributed by atoms with Gasteiger partial charge in [0.1, 0.15) is 0 Å². The number of amides is 1. The number of H-pyrrole nitrogens is 1. The summed E-state index contributed by atoms with van der Waals surface area (Å²) in [6.07, 6.45) is 1.65. The second kappa shape index (κ2) is 6.60. The van der Waals surface area contributed by atoms with E-state index >= 15 is 0 Å². The summed E-state index contributed by atoms with van der Waals surface area (Å²) >= 11 is 0. The molecule has 7 heteroatoms. The first-order chi connectivity index (χ1) is 9.37. The summed E-state index contributed by atoms with van der Waals surface area (Å²) in [7, 11) is 0. The highest BCUT2D eigenvalue weighted by molar-refractivity contribution is 6.12. The fraction of sp³-hybridized carbons (Fsp3) is 0.286. The number of carbonyl (C=O) groups excluding carboxylic acids is 1. The van der Waals surface area contributed by atoms with Crippen molar-refractivity contribution in [2.24, 2.45) is 16.5 Å². The molecule has 2 rings (SSSR count). The van der Waals surface area contributed by atoms with Gasteiger partial charge in [0.2, 0.25) is 0 Å². The van der Waals surface area contributed by atoms with Crippen LogP contribution in [0.25, 0.3) is 10.9 Å². The molecule has 0 aliphatic heterocycles. The van der Waals surface area contributed by atoms with Crippen LogP contribution in [0, 0.1) is 0 Å². The zero-order valence-electron chi connectivity index (χ0n) is 12.0. The van der Waals surface area contributed by atoms with Crippen molar-refractivity contribution in [1.29, 1.82) is 0 Å². The molecule has 6 N–H and O–H groups in total. The number of nitrogens with one attached hydrogen (secondary N) is 2. The van der Waals surface area contributed by atoms with Crippen molar-refractivity contribution >= 4 is 35.2 Å². The molecule has 0 unspecified atom stereocenters. The van der Waals surface area contributed by atoms with E-state index in [2.05, 4.69) is 15.3 Å². The monoisotopic (exact) mass is 309 g/mol. The van der Waals surface area contributed by atoms with Crippen LogP contribution in [0.1, 0.15) is 24.2 Å². The lowest BCUT2D eigenvalue weighted by Gasteiger charge is -2.15. The van der Waals surface area contributed by atoms with E-state index in [1.807, 2.05) is 38.1 Å². The first-order valence-electron chi connectivity index (χ1n) is 6.33. The molecule has 1 heterocycles. The summed E-state index contributed by atoms with van der Waals surface area (Å²) in [5, 5.41) is 3.40. The zero-order valence-corrected chi connectivity index (χ0v) is 12.8. The number of nitrogens with zero attached hydrogens (tertiary/aromatic N) is 1. The summed E-state index contributed by atoms with van der Waals surface area (Å²) < 4.78 is 0. The molecule has 0 saturated heterocycles. The van der Waals surface area contributed by atoms with Gasteiger partial charge in [-0.15, -0.1) is 12.4 Å². The Kier molecular flexibility index (Phi) is 5.34. The van der Waals surface area contributed by atoms with Gasteiger partial charge in [-0.3, -0.25) is 15.1 Å². The fourth-order valence-electron chi connectivity index (χ4n) is 1.77. The van der Waals surface area contributed by atoms with Gasteiger partial charge in [-0.25, -0.2) is 0 Å².